The lowest BCUT2D eigenvalue weighted by atomic mass is 9.84. The van der Waals surface area contributed by atoms with Crippen molar-refractivity contribution in [3.63, 3.8) is 0 Å². The van der Waals surface area contributed by atoms with Gasteiger partial charge in [0.25, 0.3) is 0 Å². The minimum Gasteiger partial charge on any atom is -0.497 e. The second-order valence-corrected chi connectivity index (χ2v) is 8.04. The molecule has 0 fully saturated rings. The molecule has 7 heteroatoms. The van der Waals surface area contributed by atoms with Crippen molar-refractivity contribution in [3.05, 3.63) is 68.6 Å². The fourth-order valence-corrected chi connectivity index (χ4v) is 4.94. The number of hydrogen-bond acceptors (Lipinski definition) is 1. The summed E-state index contributed by atoms with van der Waals surface area (Å²) in [6, 6.07) is 7.48. The molecule has 2 aromatic rings. The Kier molecular flexibility index (Phi) is 4.00. The minimum atomic E-state index is -3.95. The zero-order valence-corrected chi connectivity index (χ0v) is 17.5. The van der Waals surface area contributed by atoms with E-state index in [4.69, 9.17) is 4.74 Å². The first-order valence-corrected chi connectivity index (χ1v) is 9.58. The van der Waals surface area contributed by atoms with Crippen LogP contribution in [0, 0.1) is 13.8 Å². The normalized spacial score (nSPS) is 17.9. The standard InChI is InChI=1S/C20H20BBrF2N2O/c1-11-8-13(3)25-19(11)18(16-7-6-15(27-5)10-17(16)22)20-12(2)9-14(4)26(20)21(25,23)24/h6-10H,1-5H3. The fraction of sp³-hybridized carbons (Fsp3) is 0.250. The predicted molar refractivity (Wildman–Crippen MR) is 109 cm³/mol. The monoisotopic (exact) mass is 432 g/mol. The smallest absolute Gasteiger partial charge is 0.497 e. The lowest BCUT2D eigenvalue weighted by Crippen LogP contribution is -2.51. The van der Waals surface area contributed by atoms with Crippen LogP contribution in [0.5, 0.6) is 5.75 Å². The van der Waals surface area contributed by atoms with Gasteiger partial charge in [-0.15, -0.1) is 0 Å². The summed E-state index contributed by atoms with van der Waals surface area (Å²) in [5.41, 5.74) is 5.65. The van der Waals surface area contributed by atoms with Gasteiger partial charge in [0.1, 0.15) is 11.5 Å². The first-order chi connectivity index (χ1) is 12.7. The highest BCUT2D eigenvalue weighted by molar-refractivity contribution is 9.10. The van der Waals surface area contributed by atoms with Crippen LogP contribution in [0.4, 0.5) is 8.63 Å². The molecule has 0 atom stereocenters. The number of benzene rings is 1. The van der Waals surface area contributed by atoms with Crippen molar-refractivity contribution < 1.29 is 17.9 Å². The second kappa shape index (κ2) is 5.93. The number of ether oxygens (including phenoxy) is 1. The van der Waals surface area contributed by atoms with Crippen molar-refractivity contribution in [1.82, 2.24) is 4.48 Å². The summed E-state index contributed by atoms with van der Waals surface area (Å²) >= 11 is 3.62. The molecule has 0 amide bonds. The summed E-state index contributed by atoms with van der Waals surface area (Å²) in [6.45, 7) is 3.31. The molecule has 2 aliphatic rings. The number of hydrogen-bond donors (Lipinski definition) is 0. The first kappa shape index (κ1) is 18.2. The molecule has 0 unspecified atom stereocenters. The van der Waals surface area contributed by atoms with Gasteiger partial charge in [-0.2, -0.15) is 0 Å². The van der Waals surface area contributed by atoms with Crippen molar-refractivity contribution >= 4 is 34.2 Å². The summed E-state index contributed by atoms with van der Waals surface area (Å²) in [4.78, 5) is 0. The van der Waals surface area contributed by atoms with Gasteiger partial charge in [-0.1, -0.05) is 15.9 Å². The van der Waals surface area contributed by atoms with E-state index in [1.54, 1.807) is 21.0 Å². The van der Waals surface area contributed by atoms with E-state index in [0.29, 0.717) is 28.5 Å². The third-order valence-corrected chi connectivity index (χ3v) is 6.04. The molecule has 0 saturated heterocycles. The molecule has 0 spiro atoms. The number of aromatic nitrogens is 1. The van der Waals surface area contributed by atoms with E-state index in [1.807, 2.05) is 44.2 Å². The number of fused-ring (bicyclic) bond motifs is 2. The molecule has 0 aliphatic carbocycles. The highest BCUT2D eigenvalue weighted by atomic mass is 79.9. The molecule has 140 valence electrons. The quantitative estimate of drug-likeness (QED) is 0.588. The molecule has 3 nitrogen and oxygen atoms in total. The molecule has 2 aliphatic heterocycles. The first-order valence-electron chi connectivity index (χ1n) is 8.79. The van der Waals surface area contributed by atoms with Gasteiger partial charge in [-0.3, -0.25) is 0 Å². The molecule has 1 aromatic heterocycles. The topological polar surface area (TPSA) is 17.2 Å². The van der Waals surface area contributed by atoms with Gasteiger partial charge in [-0.25, -0.2) is 0 Å². The molecule has 3 heterocycles. The van der Waals surface area contributed by atoms with Crippen molar-refractivity contribution in [1.29, 1.82) is 0 Å². The van der Waals surface area contributed by atoms with Crippen LogP contribution in [0.15, 0.2) is 46.1 Å². The molecule has 0 bridgehead atoms. The summed E-state index contributed by atoms with van der Waals surface area (Å²) in [5, 5.41) is 0. The van der Waals surface area contributed by atoms with E-state index in [0.717, 1.165) is 26.7 Å². The number of rotatable bonds is 2. The average Bonchev–Trinajstić information content (AvgIpc) is 3.06. The van der Waals surface area contributed by atoms with Crippen LogP contribution in [0.3, 0.4) is 0 Å². The van der Waals surface area contributed by atoms with Crippen molar-refractivity contribution in [3.8, 4) is 5.75 Å². The Bertz CT molecular complexity index is 1100. The molecule has 0 N–H and O–H groups in total. The Morgan fingerprint density at radius 2 is 1.81 bits per heavy atom. The lowest BCUT2D eigenvalue weighted by molar-refractivity contribution is -0.363. The highest BCUT2D eigenvalue weighted by Gasteiger charge is 2.55. The van der Waals surface area contributed by atoms with E-state index < -0.39 is 6.97 Å². The number of halogens is 3. The van der Waals surface area contributed by atoms with E-state index >= 15 is 8.63 Å². The van der Waals surface area contributed by atoms with Crippen LogP contribution < -0.4 is 4.74 Å². The van der Waals surface area contributed by atoms with Crippen molar-refractivity contribution in [2.75, 3.05) is 7.11 Å². The number of allylic oxidation sites excluding steroid dienone is 2. The molecule has 4 rings (SSSR count). The van der Waals surface area contributed by atoms with E-state index in [2.05, 4.69) is 15.9 Å². The fourth-order valence-electron chi connectivity index (χ4n) is 4.38. The Hall–Kier alpha value is -2.15. The van der Waals surface area contributed by atoms with Crippen LogP contribution in [0.2, 0.25) is 0 Å². The maximum absolute atomic E-state index is 15.6. The largest absolute Gasteiger partial charge is 0.737 e. The van der Waals surface area contributed by atoms with Crippen LogP contribution in [0.1, 0.15) is 36.4 Å². The van der Waals surface area contributed by atoms with Gasteiger partial charge < -0.3 is 22.3 Å². The molecule has 0 radical (unpaired) electrons. The summed E-state index contributed by atoms with van der Waals surface area (Å²) < 4.78 is 39.7. The summed E-state index contributed by atoms with van der Waals surface area (Å²) in [7, 11) is 1.61. The maximum atomic E-state index is 15.6. The second-order valence-electron chi connectivity index (χ2n) is 7.18. The van der Waals surface area contributed by atoms with Crippen molar-refractivity contribution in [2.24, 2.45) is 0 Å². The third kappa shape index (κ3) is 2.40. The molecular weight excluding hydrogens is 413 g/mol. The number of nitrogens with zero attached hydrogens (tertiary/aromatic N) is 2. The predicted octanol–water partition coefficient (Wildman–Crippen LogP) is 5.31. The van der Waals surface area contributed by atoms with E-state index in [9.17, 15) is 0 Å². The lowest BCUT2D eigenvalue weighted by Gasteiger charge is -2.34. The highest BCUT2D eigenvalue weighted by Crippen LogP contribution is 2.45. The van der Waals surface area contributed by atoms with E-state index in [-0.39, 0.29) is 0 Å². The van der Waals surface area contributed by atoms with Gasteiger partial charge in [0.15, 0.2) is 5.70 Å². The average molecular weight is 433 g/mol. The van der Waals surface area contributed by atoms with Crippen molar-refractivity contribution in [2.45, 2.75) is 27.7 Å². The Morgan fingerprint density at radius 1 is 1.11 bits per heavy atom. The number of methoxy groups -OCH3 is 1. The molecule has 0 saturated carbocycles. The SMILES string of the molecule is COc1ccc(C2=C3C(C)=CC(C)=[N+]3[B-](F)(F)n3c(C)cc(C)c32)c(Br)c1. The van der Waals surface area contributed by atoms with E-state index in [1.165, 1.54) is 8.96 Å². The maximum Gasteiger partial charge on any atom is 0.737 e. The minimum absolute atomic E-state index is 0.561. The van der Waals surface area contributed by atoms with Crippen LogP contribution in [0.25, 0.3) is 5.57 Å². The van der Waals surface area contributed by atoms with Gasteiger partial charge in [-0.05, 0) is 56.3 Å². The van der Waals surface area contributed by atoms with Gasteiger partial charge >= 0.3 is 6.97 Å². The zero-order chi connectivity index (χ0) is 19.7. The van der Waals surface area contributed by atoms with Crippen LogP contribution in [-0.4, -0.2) is 28.8 Å². The molecule has 1 aromatic carbocycles. The van der Waals surface area contributed by atoms with Gasteiger partial charge in [0.2, 0.25) is 0 Å². The Balaban J connectivity index is 2.15. The van der Waals surface area contributed by atoms with Crippen LogP contribution >= 0.6 is 15.9 Å². The van der Waals surface area contributed by atoms with Gasteiger partial charge in [0, 0.05) is 34.3 Å². The molecular formula is C20H20BBrF2N2O. The molecule has 27 heavy (non-hydrogen) atoms. The van der Waals surface area contributed by atoms with Gasteiger partial charge in [0.05, 0.1) is 12.7 Å². The zero-order valence-electron chi connectivity index (χ0n) is 15.9. The van der Waals surface area contributed by atoms with Crippen LogP contribution in [-0.2, 0) is 0 Å². The summed E-state index contributed by atoms with van der Waals surface area (Å²) in [5.74, 6) is 0.711. The Morgan fingerprint density at radius 3 is 2.44 bits per heavy atom. The Labute approximate surface area is 165 Å². The third-order valence-electron chi connectivity index (χ3n) is 5.38. The number of aryl methyl sites for hydroxylation is 2. The summed E-state index contributed by atoms with van der Waals surface area (Å²) in [6.07, 6.45) is 1.83.